The summed E-state index contributed by atoms with van der Waals surface area (Å²) in [6, 6.07) is 4.16. The van der Waals surface area contributed by atoms with Gasteiger partial charge in [-0.3, -0.25) is 4.79 Å². The molecular formula is C17H24N2O3. The van der Waals surface area contributed by atoms with E-state index in [4.69, 9.17) is 9.15 Å². The Labute approximate surface area is 130 Å². The van der Waals surface area contributed by atoms with Crippen LogP contribution in [0.15, 0.2) is 22.8 Å². The maximum absolute atomic E-state index is 12.0. The van der Waals surface area contributed by atoms with Crippen LogP contribution in [-0.4, -0.2) is 31.2 Å². The second-order valence-electron chi connectivity index (χ2n) is 6.90. The van der Waals surface area contributed by atoms with Crippen molar-refractivity contribution in [2.24, 2.45) is 11.3 Å². The zero-order valence-electron chi connectivity index (χ0n) is 12.8. The molecule has 2 N–H and O–H groups in total. The fourth-order valence-electron chi connectivity index (χ4n) is 4.87. The van der Waals surface area contributed by atoms with Gasteiger partial charge in [0.2, 0.25) is 5.91 Å². The molecule has 1 spiro atoms. The molecule has 1 aromatic rings. The molecule has 0 aromatic carbocycles. The van der Waals surface area contributed by atoms with Gasteiger partial charge in [0.25, 0.3) is 0 Å². The van der Waals surface area contributed by atoms with Crippen molar-refractivity contribution in [2.45, 2.75) is 50.8 Å². The van der Waals surface area contributed by atoms with E-state index < -0.39 is 0 Å². The van der Waals surface area contributed by atoms with E-state index in [2.05, 4.69) is 10.6 Å². The fraction of sp³-hybridized carbons (Fsp3) is 0.706. The molecule has 1 aromatic heterocycles. The molecule has 1 amide bonds. The van der Waals surface area contributed by atoms with Gasteiger partial charge < -0.3 is 19.8 Å². The Kier molecular flexibility index (Phi) is 3.70. The lowest BCUT2D eigenvalue weighted by Gasteiger charge is -2.57. The first-order valence-corrected chi connectivity index (χ1v) is 8.44. The molecule has 5 heteroatoms. The highest BCUT2D eigenvalue weighted by Crippen LogP contribution is 2.60. The Balaban J connectivity index is 1.30. The number of furan rings is 1. The SMILES string of the molecule is O=C(CN[C@@H]1[C@@H]2CCO[C@H]2C12CCCC2)NCc1ccco1. The molecule has 0 bridgehead atoms. The Morgan fingerprint density at radius 3 is 3.00 bits per heavy atom. The number of fused-ring (bicyclic) bond motifs is 2. The summed E-state index contributed by atoms with van der Waals surface area (Å²) in [4.78, 5) is 12.0. The Morgan fingerprint density at radius 2 is 2.23 bits per heavy atom. The minimum absolute atomic E-state index is 0.0342. The van der Waals surface area contributed by atoms with Crippen molar-refractivity contribution in [3.63, 3.8) is 0 Å². The van der Waals surface area contributed by atoms with E-state index >= 15 is 0 Å². The van der Waals surface area contributed by atoms with Crippen LogP contribution in [-0.2, 0) is 16.1 Å². The lowest BCUT2D eigenvalue weighted by Crippen LogP contribution is -2.68. The number of amides is 1. The molecule has 3 aliphatic rings. The van der Waals surface area contributed by atoms with Crippen LogP contribution in [0.4, 0.5) is 0 Å². The number of hydrogen-bond acceptors (Lipinski definition) is 4. The van der Waals surface area contributed by atoms with Gasteiger partial charge in [0.15, 0.2) is 0 Å². The highest BCUT2D eigenvalue weighted by molar-refractivity contribution is 5.78. The smallest absolute Gasteiger partial charge is 0.234 e. The third-order valence-electron chi connectivity index (χ3n) is 5.81. The van der Waals surface area contributed by atoms with Crippen LogP contribution < -0.4 is 10.6 Å². The molecule has 3 fully saturated rings. The van der Waals surface area contributed by atoms with Gasteiger partial charge in [-0.1, -0.05) is 12.8 Å². The first-order valence-electron chi connectivity index (χ1n) is 8.44. The minimum atomic E-state index is 0.0342. The van der Waals surface area contributed by atoms with Crippen molar-refractivity contribution in [2.75, 3.05) is 13.2 Å². The molecule has 1 saturated heterocycles. The fourth-order valence-corrected chi connectivity index (χ4v) is 4.87. The molecule has 5 nitrogen and oxygen atoms in total. The molecule has 120 valence electrons. The molecule has 0 unspecified atom stereocenters. The van der Waals surface area contributed by atoms with Gasteiger partial charge in [-0.05, 0) is 31.4 Å². The van der Waals surface area contributed by atoms with Gasteiger partial charge in [0.05, 0.1) is 25.5 Å². The normalized spacial score (nSPS) is 31.9. The van der Waals surface area contributed by atoms with Crippen molar-refractivity contribution >= 4 is 5.91 Å². The first kappa shape index (κ1) is 14.3. The van der Waals surface area contributed by atoms with E-state index in [9.17, 15) is 4.79 Å². The number of ether oxygens (including phenoxy) is 1. The third-order valence-corrected chi connectivity index (χ3v) is 5.81. The van der Waals surface area contributed by atoms with Gasteiger partial charge in [0.1, 0.15) is 5.76 Å². The number of carbonyl (C=O) groups excluding carboxylic acids is 1. The van der Waals surface area contributed by atoms with Crippen LogP contribution in [0.1, 0.15) is 37.9 Å². The molecule has 1 aliphatic heterocycles. The van der Waals surface area contributed by atoms with Gasteiger partial charge in [0, 0.05) is 24.0 Å². The molecule has 0 radical (unpaired) electrons. The summed E-state index contributed by atoms with van der Waals surface area (Å²) in [5, 5.41) is 6.43. The average Bonchev–Trinajstić information content (AvgIpc) is 3.25. The lowest BCUT2D eigenvalue weighted by atomic mass is 9.54. The summed E-state index contributed by atoms with van der Waals surface area (Å²) in [6.45, 7) is 1.73. The van der Waals surface area contributed by atoms with Crippen LogP contribution in [0.25, 0.3) is 0 Å². The summed E-state index contributed by atoms with van der Waals surface area (Å²) in [5.74, 6) is 1.43. The highest BCUT2D eigenvalue weighted by atomic mass is 16.5. The summed E-state index contributed by atoms with van der Waals surface area (Å²) in [5.41, 5.74) is 0.308. The van der Waals surface area contributed by atoms with Gasteiger partial charge in [-0.2, -0.15) is 0 Å². The summed E-state index contributed by atoms with van der Waals surface area (Å²) >= 11 is 0. The standard InChI is InChI=1S/C17H24N2O3/c20-14(18-10-12-4-3-8-21-12)11-19-15-13-5-9-22-16(13)17(15)6-1-2-7-17/h3-4,8,13,15-16,19H,1-2,5-7,9-11H2,(H,18,20)/t13-,15+,16+/m0/s1. The molecule has 22 heavy (non-hydrogen) atoms. The van der Waals surface area contributed by atoms with Gasteiger partial charge >= 0.3 is 0 Å². The predicted octanol–water partition coefficient (Wildman–Crippen LogP) is 1.83. The van der Waals surface area contributed by atoms with E-state index in [1.807, 2.05) is 12.1 Å². The van der Waals surface area contributed by atoms with Crippen LogP contribution >= 0.6 is 0 Å². The Bertz CT molecular complexity index is 522. The van der Waals surface area contributed by atoms with E-state index in [1.165, 1.54) is 25.7 Å². The number of nitrogens with one attached hydrogen (secondary N) is 2. The molecule has 2 heterocycles. The summed E-state index contributed by atoms with van der Waals surface area (Å²) in [6.07, 6.45) is 8.31. The molecule has 3 atom stereocenters. The summed E-state index contributed by atoms with van der Waals surface area (Å²) in [7, 11) is 0. The number of carbonyl (C=O) groups is 1. The largest absolute Gasteiger partial charge is 0.467 e. The van der Waals surface area contributed by atoms with Crippen molar-refractivity contribution in [1.29, 1.82) is 0 Å². The average molecular weight is 304 g/mol. The van der Waals surface area contributed by atoms with Crippen molar-refractivity contribution in [3.05, 3.63) is 24.2 Å². The van der Waals surface area contributed by atoms with Crippen molar-refractivity contribution in [3.8, 4) is 0 Å². The van der Waals surface area contributed by atoms with E-state index in [1.54, 1.807) is 6.26 Å². The Morgan fingerprint density at radius 1 is 1.36 bits per heavy atom. The first-order chi connectivity index (χ1) is 10.8. The Hall–Kier alpha value is -1.33. The number of hydrogen-bond donors (Lipinski definition) is 2. The molecular weight excluding hydrogens is 280 g/mol. The quantitative estimate of drug-likeness (QED) is 0.871. The van der Waals surface area contributed by atoms with Crippen LogP contribution in [0, 0.1) is 11.3 Å². The predicted molar refractivity (Wildman–Crippen MR) is 81.1 cm³/mol. The monoisotopic (exact) mass is 304 g/mol. The maximum atomic E-state index is 12.0. The maximum Gasteiger partial charge on any atom is 0.234 e. The van der Waals surface area contributed by atoms with E-state index in [0.717, 1.165) is 18.8 Å². The molecule has 4 rings (SSSR count). The van der Waals surface area contributed by atoms with E-state index in [0.29, 0.717) is 36.6 Å². The topological polar surface area (TPSA) is 63.5 Å². The van der Waals surface area contributed by atoms with Crippen molar-refractivity contribution in [1.82, 2.24) is 10.6 Å². The zero-order chi connectivity index (χ0) is 15.0. The lowest BCUT2D eigenvalue weighted by molar-refractivity contribution is -0.135. The van der Waals surface area contributed by atoms with Gasteiger partial charge in [-0.25, -0.2) is 0 Å². The number of rotatable bonds is 5. The molecule has 2 aliphatic carbocycles. The minimum Gasteiger partial charge on any atom is -0.467 e. The second kappa shape index (κ2) is 5.70. The van der Waals surface area contributed by atoms with Crippen LogP contribution in [0.3, 0.4) is 0 Å². The second-order valence-corrected chi connectivity index (χ2v) is 6.90. The third kappa shape index (κ3) is 2.27. The molecule has 2 saturated carbocycles. The summed E-state index contributed by atoms with van der Waals surface area (Å²) < 4.78 is 11.2. The van der Waals surface area contributed by atoms with Crippen LogP contribution in [0.5, 0.6) is 0 Å². The van der Waals surface area contributed by atoms with Crippen molar-refractivity contribution < 1.29 is 13.9 Å². The van der Waals surface area contributed by atoms with E-state index in [-0.39, 0.29) is 5.91 Å². The van der Waals surface area contributed by atoms with Crippen LogP contribution in [0.2, 0.25) is 0 Å². The van der Waals surface area contributed by atoms with Gasteiger partial charge in [-0.15, -0.1) is 0 Å². The zero-order valence-corrected chi connectivity index (χ0v) is 12.8. The highest BCUT2D eigenvalue weighted by Gasteiger charge is 2.64.